The van der Waals surface area contributed by atoms with E-state index in [-0.39, 0.29) is 24.8 Å². The van der Waals surface area contributed by atoms with Crippen molar-refractivity contribution in [1.29, 1.82) is 0 Å². The minimum atomic E-state index is -4.07. The van der Waals surface area contributed by atoms with E-state index in [0.29, 0.717) is 17.2 Å². The van der Waals surface area contributed by atoms with Crippen molar-refractivity contribution < 1.29 is 13.2 Å². The molecule has 1 heterocycles. The van der Waals surface area contributed by atoms with Crippen LogP contribution in [0.25, 0.3) is 0 Å². The Labute approximate surface area is 119 Å². The van der Waals surface area contributed by atoms with Gasteiger partial charge in [-0.05, 0) is 43.7 Å². The Morgan fingerprint density at radius 3 is 2.32 bits per heavy atom. The van der Waals surface area contributed by atoms with Crippen LogP contribution in [-0.4, -0.2) is 6.18 Å². The first-order valence-electron chi connectivity index (χ1n) is 6.20. The van der Waals surface area contributed by atoms with Crippen molar-refractivity contribution in [2.75, 3.05) is 0 Å². The van der Waals surface area contributed by atoms with Crippen molar-refractivity contribution in [1.82, 2.24) is 5.43 Å². The molecule has 0 aromatic carbocycles. The highest BCUT2D eigenvalue weighted by Crippen LogP contribution is 2.44. The van der Waals surface area contributed by atoms with Gasteiger partial charge >= 0.3 is 6.18 Å². The number of nitrogens with two attached hydrogens (primary N) is 1. The predicted octanol–water partition coefficient (Wildman–Crippen LogP) is 4.27. The number of thiophene rings is 1. The van der Waals surface area contributed by atoms with Crippen LogP contribution in [0.3, 0.4) is 0 Å². The molecule has 2 nitrogen and oxygen atoms in total. The van der Waals surface area contributed by atoms with E-state index in [9.17, 15) is 13.2 Å². The molecule has 19 heavy (non-hydrogen) atoms. The standard InChI is InChI=1S/C12H16ClF3N2S/c13-10-6-5-9(19-10)11(18-17)7-1-3-8(4-2-7)12(14,15)16/h5-8,11,18H,1-4,17H2. The third-order valence-corrected chi connectivity index (χ3v) is 5.10. The fraction of sp³-hybridized carbons (Fsp3) is 0.667. The van der Waals surface area contributed by atoms with E-state index >= 15 is 0 Å². The molecule has 1 aromatic heterocycles. The second kappa shape index (κ2) is 5.99. The minimum absolute atomic E-state index is 0.105. The molecule has 3 N–H and O–H groups in total. The zero-order chi connectivity index (χ0) is 14.0. The lowest BCUT2D eigenvalue weighted by atomic mass is 9.78. The van der Waals surface area contributed by atoms with Crippen molar-refractivity contribution in [2.24, 2.45) is 17.7 Å². The molecule has 1 aromatic rings. The van der Waals surface area contributed by atoms with Crippen LogP contribution in [0.15, 0.2) is 12.1 Å². The van der Waals surface area contributed by atoms with Crippen LogP contribution in [0.5, 0.6) is 0 Å². The van der Waals surface area contributed by atoms with Gasteiger partial charge in [-0.25, -0.2) is 0 Å². The summed E-state index contributed by atoms with van der Waals surface area (Å²) in [6, 6.07) is 3.56. The van der Waals surface area contributed by atoms with Crippen LogP contribution in [0, 0.1) is 11.8 Å². The van der Waals surface area contributed by atoms with E-state index < -0.39 is 12.1 Å². The molecule has 1 atom stereocenters. The lowest BCUT2D eigenvalue weighted by Gasteiger charge is -2.33. The van der Waals surface area contributed by atoms with E-state index in [1.807, 2.05) is 6.07 Å². The van der Waals surface area contributed by atoms with Crippen LogP contribution in [0.1, 0.15) is 36.6 Å². The summed E-state index contributed by atoms with van der Waals surface area (Å²) in [6.07, 6.45) is -2.62. The lowest BCUT2D eigenvalue weighted by Crippen LogP contribution is -2.36. The second-order valence-corrected chi connectivity index (χ2v) is 6.69. The summed E-state index contributed by atoms with van der Waals surface area (Å²) in [6.45, 7) is 0. The zero-order valence-electron chi connectivity index (χ0n) is 10.2. The summed E-state index contributed by atoms with van der Waals surface area (Å²) in [5, 5.41) is 0. The third-order valence-electron chi connectivity index (χ3n) is 3.79. The predicted molar refractivity (Wildman–Crippen MR) is 70.9 cm³/mol. The van der Waals surface area contributed by atoms with Crippen molar-refractivity contribution in [3.8, 4) is 0 Å². The van der Waals surface area contributed by atoms with Gasteiger partial charge in [0.15, 0.2) is 0 Å². The third kappa shape index (κ3) is 3.62. The maximum atomic E-state index is 12.6. The molecule has 1 saturated carbocycles. The largest absolute Gasteiger partial charge is 0.391 e. The molecule has 1 aliphatic carbocycles. The van der Waals surface area contributed by atoms with Crippen LogP contribution < -0.4 is 11.3 Å². The fourth-order valence-electron chi connectivity index (χ4n) is 2.73. The monoisotopic (exact) mass is 312 g/mol. The Hall–Kier alpha value is -0.300. The Bertz CT molecular complexity index is 413. The van der Waals surface area contributed by atoms with Crippen LogP contribution in [0.4, 0.5) is 13.2 Å². The molecule has 108 valence electrons. The van der Waals surface area contributed by atoms with Gasteiger partial charge in [0.05, 0.1) is 16.3 Å². The summed E-state index contributed by atoms with van der Waals surface area (Å²) in [7, 11) is 0. The molecule has 0 aliphatic heterocycles. The Morgan fingerprint density at radius 2 is 1.89 bits per heavy atom. The van der Waals surface area contributed by atoms with Gasteiger partial charge in [0, 0.05) is 4.88 Å². The molecule has 0 spiro atoms. The van der Waals surface area contributed by atoms with E-state index in [2.05, 4.69) is 5.43 Å². The molecular formula is C12H16ClF3N2S. The number of hydrogen-bond acceptors (Lipinski definition) is 3. The molecule has 1 fully saturated rings. The maximum Gasteiger partial charge on any atom is 0.391 e. The highest BCUT2D eigenvalue weighted by molar-refractivity contribution is 7.16. The number of rotatable bonds is 3. The minimum Gasteiger partial charge on any atom is -0.271 e. The average Bonchev–Trinajstić information content (AvgIpc) is 2.76. The van der Waals surface area contributed by atoms with E-state index in [4.69, 9.17) is 17.4 Å². The van der Waals surface area contributed by atoms with E-state index in [1.165, 1.54) is 11.3 Å². The van der Waals surface area contributed by atoms with Gasteiger partial charge in [-0.3, -0.25) is 11.3 Å². The summed E-state index contributed by atoms with van der Waals surface area (Å²) < 4.78 is 38.5. The quantitative estimate of drug-likeness (QED) is 0.646. The number of hydrazine groups is 1. The molecule has 0 bridgehead atoms. The van der Waals surface area contributed by atoms with Gasteiger partial charge in [-0.1, -0.05) is 11.6 Å². The highest BCUT2D eigenvalue weighted by atomic mass is 35.5. The van der Waals surface area contributed by atoms with Crippen LogP contribution in [-0.2, 0) is 0 Å². The SMILES string of the molecule is NNC(c1ccc(Cl)s1)C1CCC(C(F)(F)F)CC1. The van der Waals surface area contributed by atoms with E-state index in [1.54, 1.807) is 6.07 Å². The van der Waals surface area contributed by atoms with Crippen LogP contribution >= 0.6 is 22.9 Å². The molecule has 7 heteroatoms. The molecule has 1 aliphatic rings. The first kappa shape index (κ1) is 15.1. The smallest absolute Gasteiger partial charge is 0.271 e. The summed E-state index contributed by atoms with van der Waals surface area (Å²) >= 11 is 7.31. The molecule has 0 saturated heterocycles. The number of hydrogen-bond donors (Lipinski definition) is 2. The number of nitrogens with one attached hydrogen (secondary N) is 1. The lowest BCUT2D eigenvalue weighted by molar-refractivity contribution is -0.184. The Balaban J connectivity index is 1.99. The van der Waals surface area contributed by atoms with Gasteiger partial charge < -0.3 is 0 Å². The van der Waals surface area contributed by atoms with Crippen molar-refractivity contribution in [3.63, 3.8) is 0 Å². The molecule has 2 rings (SSSR count). The van der Waals surface area contributed by atoms with Crippen molar-refractivity contribution >= 4 is 22.9 Å². The topological polar surface area (TPSA) is 38.0 Å². The molecule has 1 unspecified atom stereocenters. The van der Waals surface area contributed by atoms with Gasteiger partial charge in [0.25, 0.3) is 0 Å². The van der Waals surface area contributed by atoms with Gasteiger partial charge in [0.2, 0.25) is 0 Å². The molecule has 0 radical (unpaired) electrons. The zero-order valence-corrected chi connectivity index (χ0v) is 11.8. The fourth-order valence-corrected chi connectivity index (χ4v) is 3.94. The number of alkyl halides is 3. The number of halogens is 4. The summed E-state index contributed by atoms with van der Waals surface area (Å²) in [5.41, 5.74) is 2.73. The Kier molecular flexibility index (Phi) is 4.76. The van der Waals surface area contributed by atoms with Gasteiger partial charge in [0.1, 0.15) is 0 Å². The van der Waals surface area contributed by atoms with Crippen molar-refractivity contribution in [2.45, 2.75) is 37.9 Å². The molecular weight excluding hydrogens is 297 g/mol. The van der Waals surface area contributed by atoms with Crippen molar-refractivity contribution in [3.05, 3.63) is 21.3 Å². The molecule has 0 amide bonds. The normalized spacial score (nSPS) is 26.4. The second-order valence-electron chi connectivity index (χ2n) is 4.94. The summed E-state index contributed by atoms with van der Waals surface area (Å²) in [4.78, 5) is 0.989. The first-order chi connectivity index (χ1) is 8.91. The van der Waals surface area contributed by atoms with Gasteiger partial charge in [-0.15, -0.1) is 11.3 Å². The van der Waals surface area contributed by atoms with E-state index in [0.717, 1.165) is 4.88 Å². The Morgan fingerprint density at radius 1 is 1.26 bits per heavy atom. The summed E-state index contributed by atoms with van der Waals surface area (Å²) in [5.74, 6) is 4.54. The van der Waals surface area contributed by atoms with Gasteiger partial charge in [-0.2, -0.15) is 13.2 Å². The maximum absolute atomic E-state index is 12.6. The first-order valence-corrected chi connectivity index (χ1v) is 7.39. The highest BCUT2D eigenvalue weighted by Gasteiger charge is 2.42. The average molecular weight is 313 g/mol. The van der Waals surface area contributed by atoms with Crippen LogP contribution in [0.2, 0.25) is 4.34 Å².